The van der Waals surface area contributed by atoms with E-state index in [4.69, 9.17) is 31.7 Å². The van der Waals surface area contributed by atoms with Gasteiger partial charge in [0.2, 0.25) is 5.91 Å². The summed E-state index contributed by atoms with van der Waals surface area (Å²) in [7, 11) is -1.47. The first-order valence-corrected chi connectivity index (χ1v) is 8.36. The van der Waals surface area contributed by atoms with Gasteiger partial charge >= 0.3 is 13.1 Å². The molecule has 11 heteroatoms. The molecule has 1 rings (SSSR count). The number of amides is 1. The molecule has 0 aromatic heterocycles. The van der Waals surface area contributed by atoms with Gasteiger partial charge in [-0.25, -0.2) is 0 Å². The highest BCUT2D eigenvalue weighted by molar-refractivity contribution is 6.40. The standard InChI is InChI=1S/C14H28BN3O7/c16-10(4-1-5-11(19)20)12(21)18-7-9(3-2-6-15(24)25)14(17,8-18)13(22)23/h9-11,19-20,24-25H,1-8,16-17H2,(H,22,23)/t9?,10-,14-/m0/s1. The number of carboxylic acids is 1. The van der Waals surface area contributed by atoms with Crippen molar-refractivity contribution in [2.45, 2.75) is 56.3 Å². The number of rotatable bonds is 10. The van der Waals surface area contributed by atoms with Crippen molar-refractivity contribution in [3.63, 3.8) is 0 Å². The molecular weight excluding hydrogens is 333 g/mol. The minimum Gasteiger partial charge on any atom is -0.480 e. The molecule has 1 unspecified atom stereocenters. The van der Waals surface area contributed by atoms with Gasteiger partial charge in [0, 0.05) is 19.0 Å². The molecule has 1 aliphatic heterocycles. The predicted molar refractivity (Wildman–Crippen MR) is 88.9 cm³/mol. The zero-order valence-corrected chi connectivity index (χ0v) is 14.1. The fourth-order valence-electron chi connectivity index (χ4n) is 3.12. The van der Waals surface area contributed by atoms with Gasteiger partial charge in [0.25, 0.3) is 0 Å². The van der Waals surface area contributed by atoms with E-state index >= 15 is 0 Å². The van der Waals surface area contributed by atoms with Crippen LogP contribution in [-0.4, -0.2) is 80.2 Å². The summed E-state index contributed by atoms with van der Waals surface area (Å²) in [6, 6.07) is -0.866. The fourth-order valence-corrected chi connectivity index (χ4v) is 3.12. The van der Waals surface area contributed by atoms with Gasteiger partial charge in [0.1, 0.15) is 5.54 Å². The van der Waals surface area contributed by atoms with Crippen molar-refractivity contribution in [1.82, 2.24) is 4.90 Å². The molecule has 0 saturated carbocycles. The summed E-state index contributed by atoms with van der Waals surface area (Å²) in [4.78, 5) is 25.3. The van der Waals surface area contributed by atoms with Crippen molar-refractivity contribution in [2.24, 2.45) is 17.4 Å². The average molecular weight is 361 g/mol. The van der Waals surface area contributed by atoms with Crippen LogP contribution in [0.25, 0.3) is 0 Å². The van der Waals surface area contributed by atoms with Crippen LogP contribution in [0.5, 0.6) is 0 Å². The maximum absolute atomic E-state index is 12.4. The van der Waals surface area contributed by atoms with Crippen molar-refractivity contribution in [2.75, 3.05) is 13.1 Å². The second-order valence-corrected chi connectivity index (χ2v) is 6.69. The summed E-state index contributed by atoms with van der Waals surface area (Å²) in [5, 5.41) is 44.8. The zero-order chi connectivity index (χ0) is 19.2. The van der Waals surface area contributed by atoms with Gasteiger partial charge < -0.3 is 41.7 Å². The normalized spacial score (nSPS) is 24.6. The molecule has 25 heavy (non-hydrogen) atoms. The van der Waals surface area contributed by atoms with Gasteiger partial charge in [-0.3, -0.25) is 9.59 Å². The zero-order valence-electron chi connectivity index (χ0n) is 14.1. The van der Waals surface area contributed by atoms with Crippen molar-refractivity contribution < 1.29 is 35.0 Å². The van der Waals surface area contributed by atoms with Crippen LogP contribution in [0, 0.1) is 5.92 Å². The van der Waals surface area contributed by atoms with E-state index in [1.54, 1.807) is 0 Å². The summed E-state index contributed by atoms with van der Waals surface area (Å²) in [6.45, 7) is -0.0245. The van der Waals surface area contributed by atoms with E-state index in [-0.39, 0.29) is 32.3 Å². The topological polar surface area (TPSA) is 191 Å². The monoisotopic (exact) mass is 361 g/mol. The highest BCUT2D eigenvalue weighted by Gasteiger charge is 2.50. The van der Waals surface area contributed by atoms with Crippen molar-refractivity contribution in [1.29, 1.82) is 0 Å². The molecule has 0 aromatic rings. The number of aliphatic carboxylic acids is 1. The Balaban J connectivity index is 2.66. The molecule has 0 radical (unpaired) electrons. The van der Waals surface area contributed by atoms with Crippen LogP contribution in [0.2, 0.25) is 6.32 Å². The van der Waals surface area contributed by atoms with E-state index in [0.717, 1.165) is 0 Å². The van der Waals surface area contributed by atoms with E-state index in [2.05, 4.69) is 0 Å². The highest BCUT2D eigenvalue weighted by Crippen LogP contribution is 2.31. The maximum Gasteiger partial charge on any atom is 0.451 e. The van der Waals surface area contributed by atoms with Crippen molar-refractivity contribution >= 4 is 19.0 Å². The highest BCUT2D eigenvalue weighted by atomic mass is 16.5. The Kier molecular flexibility index (Phi) is 8.25. The molecule has 9 N–H and O–H groups in total. The molecule has 0 aromatic carbocycles. The Labute approximate surface area is 146 Å². The summed E-state index contributed by atoms with van der Waals surface area (Å²) >= 11 is 0. The number of aliphatic hydroxyl groups is 2. The Morgan fingerprint density at radius 2 is 1.88 bits per heavy atom. The predicted octanol–water partition coefficient (Wildman–Crippen LogP) is -2.71. The third kappa shape index (κ3) is 6.21. The second kappa shape index (κ2) is 9.46. The quantitative estimate of drug-likeness (QED) is 0.160. The number of hydrogen-bond donors (Lipinski definition) is 7. The van der Waals surface area contributed by atoms with E-state index in [1.807, 2.05) is 0 Å². The molecule has 3 atom stereocenters. The molecule has 1 aliphatic rings. The Bertz CT molecular complexity index is 466. The van der Waals surface area contributed by atoms with Crippen LogP contribution in [0.3, 0.4) is 0 Å². The molecule has 0 aliphatic carbocycles. The molecular formula is C14H28BN3O7. The van der Waals surface area contributed by atoms with Crippen molar-refractivity contribution in [3.8, 4) is 0 Å². The molecule has 1 amide bonds. The van der Waals surface area contributed by atoms with Gasteiger partial charge in [-0.15, -0.1) is 0 Å². The number of carboxylic acid groups (broad SMARTS) is 1. The average Bonchev–Trinajstić information content (AvgIpc) is 2.84. The fraction of sp³-hybridized carbons (Fsp3) is 0.857. The number of nitrogens with two attached hydrogens (primary N) is 2. The number of carbonyl (C=O) groups excluding carboxylic acids is 1. The van der Waals surface area contributed by atoms with Crippen LogP contribution in [-0.2, 0) is 9.59 Å². The van der Waals surface area contributed by atoms with E-state index in [1.165, 1.54) is 4.90 Å². The molecule has 1 heterocycles. The Morgan fingerprint density at radius 3 is 2.40 bits per heavy atom. The van der Waals surface area contributed by atoms with E-state index < -0.39 is 42.8 Å². The lowest BCUT2D eigenvalue weighted by molar-refractivity contribution is -0.144. The van der Waals surface area contributed by atoms with Gasteiger partial charge in [-0.2, -0.15) is 0 Å². The Morgan fingerprint density at radius 1 is 1.24 bits per heavy atom. The smallest absolute Gasteiger partial charge is 0.451 e. The maximum atomic E-state index is 12.4. The van der Waals surface area contributed by atoms with Crippen LogP contribution >= 0.6 is 0 Å². The lowest BCUT2D eigenvalue weighted by atomic mass is 9.78. The molecule has 0 bridgehead atoms. The first-order chi connectivity index (χ1) is 11.6. The second-order valence-electron chi connectivity index (χ2n) is 6.69. The molecule has 10 nitrogen and oxygen atoms in total. The molecule has 0 spiro atoms. The third-order valence-electron chi connectivity index (χ3n) is 4.64. The summed E-state index contributed by atoms with van der Waals surface area (Å²) in [5.74, 6) is -2.15. The largest absolute Gasteiger partial charge is 0.480 e. The SMILES string of the molecule is N[C@@H](CCCC(O)O)C(=O)N1CC(CCCB(O)O)[C@](N)(C(=O)O)C1. The van der Waals surface area contributed by atoms with E-state index in [9.17, 15) is 14.7 Å². The molecule has 144 valence electrons. The van der Waals surface area contributed by atoms with Gasteiger partial charge in [0.15, 0.2) is 6.29 Å². The summed E-state index contributed by atoms with van der Waals surface area (Å²) < 4.78 is 0. The summed E-state index contributed by atoms with van der Waals surface area (Å²) in [5.41, 5.74) is 10.2. The van der Waals surface area contributed by atoms with Gasteiger partial charge in [-0.1, -0.05) is 6.42 Å². The first-order valence-electron chi connectivity index (χ1n) is 8.36. The minimum absolute atomic E-state index is 0.100. The third-order valence-corrected chi connectivity index (χ3v) is 4.64. The van der Waals surface area contributed by atoms with E-state index in [0.29, 0.717) is 19.3 Å². The van der Waals surface area contributed by atoms with Gasteiger partial charge in [-0.05, 0) is 32.0 Å². The number of likely N-dealkylation sites (tertiary alicyclic amines) is 1. The summed E-state index contributed by atoms with van der Waals surface area (Å²) in [6.07, 6.45) is 0.0606. The van der Waals surface area contributed by atoms with Crippen LogP contribution in [0.4, 0.5) is 0 Å². The van der Waals surface area contributed by atoms with Crippen LogP contribution in [0.1, 0.15) is 32.1 Å². The lowest BCUT2D eigenvalue weighted by Crippen LogP contribution is -2.55. The Hall–Kier alpha value is -1.24. The molecule has 1 fully saturated rings. The number of carbonyl (C=O) groups is 2. The van der Waals surface area contributed by atoms with Crippen LogP contribution < -0.4 is 11.5 Å². The number of nitrogens with zero attached hydrogens (tertiary/aromatic N) is 1. The van der Waals surface area contributed by atoms with Gasteiger partial charge in [0.05, 0.1) is 6.04 Å². The lowest BCUT2D eigenvalue weighted by Gasteiger charge is -2.25. The van der Waals surface area contributed by atoms with Crippen molar-refractivity contribution in [3.05, 3.63) is 0 Å². The first kappa shape index (κ1) is 21.8. The number of hydrogen-bond acceptors (Lipinski definition) is 8. The molecule has 1 saturated heterocycles. The van der Waals surface area contributed by atoms with Crippen LogP contribution in [0.15, 0.2) is 0 Å². The minimum atomic E-state index is -1.60. The number of aliphatic hydroxyl groups excluding tert-OH is 1.